The number of likely N-dealkylation sites (tertiary alicyclic amines) is 1. The molecule has 1 unspecified atom stereocenters. The highest BCUT2D eigenvalue weighted by atomic mass is 19.1. The molecule has 1 aromatic rings. The average Bonchev–Trinajstić information content (AvgIpc) is 2.38. The first-order valence-corrected chi connectivity index (χ1v) is 5.80. The van der Waals surface area contributed by atoms with E-state index in [0.29, 0.717) is 12.0 Å². The van der Waals surface area contributed by atoms with Gasteiger partial charge in [0.1, 0.15) is 5.82 Å². The smallest absolute Gasteiger partial charge is 0.246 e. The number of piperidine rings is 1. The molecule has 2 N–H and O–H groups in total. The van der Waals surface area contributed by atoms with Crippen molar-refractivity contribution in [1.82, 2.24) is 4.90 Å². The predicted octanol–water partition coefficient (Wildman–Crippen LogP) is 0.674. The van der Waals surface area contributed by atoms with Crippen LogP contribution in [0.3, 0.4) is 0 Å². The van der Waals surface area contributed by atoms with Crippen LogP contribution in [0.5, 0.6) is 0 Å². The summed E-state index contributed by atoms with van der Waals surface area (Å²) in [6.45, 7) is -0.0577. The van der Waals surface area contributed by atoms with Crippen LogP contribution in [-0.4, -0.2) is 22.8 Å². The average molecular weight is 261 g/mol. The second-order valence-corrected chi connectivity index (χ2v) is 4.42. The zero-order valence-corrected chi connectivity index (χ0v) is 10.1. The molecule has 1 fully saturated rings. The second-order valence-electron chi connectivity index (χ2n) is 4.42. The van der Waals surface area contributed by atoms with Crippen LogP contribution in [0.25, 0.3) is 0 Å². The fourth-order valence-electron chi connectivity index (χ4n) is 2.02. The molecule has 0 spiro atoms. The van der Waals surface area contributed by atoms with Gasteiger partial charge in [-0.05, 0) is 30.2 Å². The van der Waals surface area contributed by atoms with Crippen molar-refractivity contribution in [2.24, 2.45) is 5.73 Å². The number of hydrogen-bond donors (Lipinski definition) is 1. The first-order chi connectivity index (χ1) is 9.01. The number of carbonyl (C=O) groups is 2. The number of imide groups is 1. The molecular formula is C13H12FN3O2. The summed E-state index contributed by atoms with van der Waals surface area (Å²) in [6, 6.07) is 4.87. The van der Waals surface area contributed by atoms with E-state index in [0.717, 1.165) is 11.0 Å². The van der Waals surface area contributed by atoms with E-state index in [1.54, 1.807) is 0 Å². The Morgan fingerprint density at radius 1 is 1.42 bits per heavy atom. The number of halogens is 1. The van der Waals surface area contributed by atoms with Crippen molar-refractivity contribution >= 4 is 11.8 Å². The summed E-state index contributed by atoms with van der Waals surface area (Å²) < 4.78 is 13.3. The van der Waals surface area contributed by atoms with Gasteiger partial charge in [-0.15, -0.1) is 0 Å². The molecule has 0 aliphatic carbocycles. The van der Waals surface area contributed by atoms with Gasteiger partial charge in [-0.3, -0.25) is 14.5 Å². The van der Waals surface area contributed by atoms with E-state index >= 15 is 0 Å². The molecular weight excluding hydrogens is 249 g/mol. The molecule has 5 nitrogen and oxygen atoms in total. The first kappa shape index (κ1) is 13.2. The van der Waals surface area contributed by atoms with Gasteiger partial charge in [0.25, 0.3) is 0 Å². The number of nitrogens with two attached hydrogens (primary N) is 1. The Hall–Kier alpha value is -2.26. The van der Waals surface area contributed by atoms with Crippen molar-refractivity contribution in [3.8, 4) is 6.07 Å². The second kappa shape index (κ2) is 5.16. The summed E-state index contributed by atoms with van der Waals surface area (Å²) >= 11 is 0. The van der Waals surface area contributed by atoms with Gasteiger partial charge in [0.2, 0.25) is 11.8 Å². The van der Waals surface area contributed by atoms with Crippen LogP contribution in [0.1, 0.15) is 24.0 Å². The topological polar surface area (TPSA) is 87.2 Å². The third-order valence-corrected chi connectivity index (χ3v) is 2.98. The Morgan fingerprint density at radius 3 is 2.84 bits per heavy atom. The van der Waals surface area contributed by atoms with E-state index in [9.17, 15) is 14.0 Å². The monoisotopic (exact) mass is 261 g/mol. The normalized spacial score (nSPS) is 19.4. The molecule has 0 radical (unpaired) electrons. The van der Waals surface area contributed by atoms with Gasteiger partial charge in [0.05, 0.1) is 24.2 Å². The van der Waals surface area contributed by atoms with E-state index in [4.69, 9.17) is 11.0 Å². The third-order valence-electron chi connectivity index (χ3n) is 2.98. The van der Waals surface area contributed by atoms with Crippen LogP contribution in [0, 0.1) is 17.1 Å². The lowest BCUT2D eigenvalue weighted by molar-refractivity contribution is -0.149. The number of rotatable bonds is 2. The van der Waals surface area contributed by atoms with E-state index in [1.807, 2.05) is 6.07 Å². The molecule has 1 heterocycles. The molecule has 0 aromatic heterocycles. The van der Waals surface area contributed by atoms with Crippen LogP contribution in [0.4, 0.5) is 4.39 Å². The zero-order valence-electron chi connectivity index (χ0n) is 10.1. The maximum atomic E-state index is 13.3. The van der Waals surface area contributed by atoms with Gasteiger partial charge in [-0.25, -0.2) is 4.39 Å². The quantitative estimate of drug-likeness (QED) is 0.793. The van der Waals surface area contributed by atoms with Crippen molar-refractivity contribution in [2.45, 2.75) is 25.4 Å². The molecule has 1 aliphatic heterocycles. The molecule has 6 heteroatoms. The summed E-state index contributed by atoms with van der Waals surface area (Å²) in [7, 11) is 0. The van der Waals surface area contributed by atoms with Gasteiger partial charge < -0.3 is 5.73 Å². The van der Waals surface area contributed by atoms with Gasteiger partial charge in [-0.1, -0.05) is 0 Å². The minimum Gasteiger partial charge on any atom is -0.320 e. The fraction of sp³-hybridized carbons (Fsp3) is 0.308. The summed E-state index contributed by atoms with van der Waals surface area (Å²) in [5, 5.41) is 8.75. The molecule has 1 aliphatic rings. The molecule has 2 rings (SSSR count). The Labute approximate surface area is 109 Å². The highest BCUT2D eigenvalue weighted by Crippen LogP contribution is 2.17. The fourth-order valence-corrected chi connectivity index (χ4v) is 2.02. The Balaban J connectivity index is 2.25. The zero-order chi connectivity index (χ0) is 14.0. The SMILES string of the molecule is N#Cc1cc(F)cc(CN2C(=O)CCC(N)C2=O)c1. The molecule has 2 amide bonds. The van der Waals surface area contributed by atoms with Gasteiger partial charge in [0, 0.05) is 6.42 Å². The summed E-state index contributed by atoms with van der Waals surface area (Å²) in [6.07, 6.45) is 0.536. The van der Waals surface area contributed by atoms with Crippen LogP contribution in [-0.2, 0) is 16.1 Å². The van der Waals surface area contributed by atoms with Crippen molar-refractivity contribution in [1.29, 1.82) is 5.26 Å². The number of hydrogen-bond acceptors (Lipinski definition) is 4. The van der Waals surface area contributed by atoms with Crippen LogP contribution in [0.2, 0.25) is 0 Å². The van der Waals surface area contributed by atoms with Crippen molar-refractivity contribution < 1.29 is 14.0 Å². The van der Waals surface area contributed by atoms with Crippen molar-refractivity contribution in [3.05, 3.63) is 35.1 Å². The lowest BCUT2D eigenvalue weighted by atomic mass is 10.0. The van der Waals surface area contributed by atoms with E-state index in [-0.39, 0.29) is 24.4 Å². The molecule has 0 saturated carbocycles. The molecule has 98 valence electrons. The number of nitrogens with zero attached hydrogens (tertiary/aromatic N) is 2. The summed E-state index contributed by atoms with van der Waals surface area (Å²) in [4.78, 5) is 24.5. The minimum atomic E-state index is -0.693. The van der Waals surface area contributed by atoms with Gasteiger partial charge >= 0.3 is 0 Å². The maximum absolute atomic E-state index is 13.3. The van der Waals surface area contributed by atoms with E-state index in [2.05, 4.69) is 0 Å². The molecule has 1 atom stereocenters. The molecule has 19 heavy (non-hydrogen) atoms. The van der Waals surface area contributed by atoms with E-state index in [1.165, 1.54) is 12.1 Å². The Kier molecular flexibility index (Phi) is 3.58. The standard InChI is InChI=1S/C13H12FN3O2/c14-10-4-8(6-15)3-9(5-10)7-17-12(18)2-1-11(16)13(17)19/h3-5,11H,1-2,7,16H2. The maximum Gasteiger partial charge on any atom is 0.246 e. The number of nitriles is 1. The molecule has 1 aromatic carbocycles. The Bertz CT molecular complexity index is 580. The van der Waals surface area contributed by atoms with Crippen molar-refractivity contribution in [3.63, 3.8) is 0 Å². The van der Waals surface area contributed by atoms with Crippen LogP contribution >= 0.6 is 0 Å². The molecule has 0 bridgehead atoms. The highest BCUT2D eigenvalue weighted by molar-refractivity contribution is 6.00. The molecule has 1 saturated heterocycles. The largest absolute Gasteiger partial charge is 0.320 e. The van der Waals surface area contributed by atoms with Gasteiger partial charge in [0.15, 0.2) is 0 Å². The number of benzene rings is 1. The van der Waals surface area contributed by atoms with Gasteiger partial charge in [-0.2, -0.15) is 5.26 Å². The minimum absolute atomic E-state index is 0.0577. The van der Waals surface area contributed by atoms with E-state index < -0.39 is 17.8 Å². The predicted molar refractivity (Wildman–Crippen MR) is 63.9 cm³/mol. The van der Waals surface area contributed by atoms with Crippen LogP contribution < -0.4 is 5.73 Å². The summed E-state index contributed by atoms with van der Waals surface area (Å²) in [5.74, 6) is -1.36. The highest BCUT2D eigenvalue weighted by Gasteiger charge is 2.31. The van der Waals surface area contributed by atoms with Crippen molar-refractivity contribution in [2.75, 3.05) is 0 Å². The number of amides is 2. The first-order valence-electron chi connectivity index (χ1n) is 5.80. The Morgan fingerprint density at radius 2 is 2.16 bits per heavy atom. The third kappa shape index (κ3) is 2.77. The summed E-state index contributed by atoms with van der Waals surface area (Å²) in [5.41, 5.74) is 6.15. The lowest BCUT2D eigenvalue weighted by Crippen LogP contribution is -2.50. The lowest BCUT2D eigenvalue weighted by Gasteiger charge is -2.28. The number of carbonyl (C=O) groups excluding carboxylic acids is 2. The van der Waals surface area contributed by atoms with Crippen LogP contribution in [0.15, 0.2) is 18.2 Å².